The Morgan fingerprint density at radius 2 is 1.92 bits per heavy atom. The Kier molecular flexibility index (Phi) is 6.55. The lowest BCUT2D eigenvalue weighted by atomic mass is 9.68. The van der Waals surface area contributed by atoms with E-state index in [2.05, 4.69) is 11.1 Å². The summed E-state index contributed by atoms with van der Waals surface area (Å²) in [4.78, 5) is 20.0. The number of aliphatic hydroxyl groups is 1. The summed E-state index contributed by atoms with van der Waals surface area (Å²) in [5.74, 6) is -0.795. The quantitative estimate of drug-likeness (QED) is 0.518. The highest BCUT2D eigenvalue weighted by molar-refractivity contribution is 5.85. The molecule has 1 aliphatic carbocycles. The summed E-state index contributed by atoms with van der Waals surface area (Å²) in [7, 11) is 1.63. The second-order valence-corrected chi connectivity index (χ2v) is 9.96. The first-order chi connectivity index (χ1) is 17.4. The van der Waals surface area contributed by atoms with Gasteiger partial charge in [-0.15, -0.1) is 0 Å². The van der Waals surface area contributed by atoms with Crippen LogP contribution in [0.3, 0.4) is 0 Å². The van der Waals surface area contributed by atoms with Crippen LogP contribution in [0, 0.1) is 24.0 Å². The van der Waals surface area contributed by atoms with E-state index in [9.17, 15) is 18.7 Å². The summed E-state index contributed by atoms with van der Waals surface area (Å²) in [6.45, 7) is 1.97. The predicted octanol–water partition coefficient (Wildman–Crippen LogP) is 5.08. The molecule has 1 spiro atoms. The van der Waals surface area contributed by atoms with Crippen LogP contribution >= 0.6 is 0 Å². The van der Waals surface area contributed by atoms with Crippen LogP contribution in [0.15, 0.2) is 48.9 Å². The summed E-state index contributed by atoms with van der Waals surface area (Å²) in [5, 5.41) is 10.2. The van der Waals surface area contributed by atoms with Gasteiger partial charge < -0.3 is 19.3 Å². The standard InChI is InChI=1S/C28H31F2N3O3/c1-18-15-32(17-31-18)24-7-6-19(13-26(24)36-2)23-5-3-8-28(23)9-4-10-33(27(28)35)25(16-34)20-11-21(29)14-22(30)12-20/h6-7,11-15,17,23,25,34H,3-5,8-10,16H2,1-2H3/t23?,25-,28?/m0/s1. The van der Waals surface area contributed by atoms with E-state index in [-0.39, 0.29) is 17.4 Å². The molecule has 1 N–H and O–H groups in total. The number of carbonyl (C=O) groups excluding carboxylic acids is 1. The Hall–Kier alpha value is -3.26. The highest BCUT2D eigenvalue weighted by Gasteiger charge is 2.53. The fourth-order valence-corrected chi connectivity index (χ4v) is 6.30. The van der Waals surface area contributed by atoms with E-state index >= 15 is 0 Å². The maximum atomic E-state index is 14.1. The molecule has 2 fully saturated rings. The van der Waals surface area contributed by atoms with Gasteiger partial charge in [-0.1, -0.05) is 12.5 Å². The Labute approximate surface area is 209 Å². The van der Waals surface area contributed by atoms with Crippen LogP contribution in [0.5, 0.6) is 5.75 Å². The van der Waals surface area contributed by atoms with Gasteiger partial charge in [-0.3, -0.25) is 4.79 Å². The normalized spacial score (nSPS) is 22.9. The molecule has 3 aromatic rings. The Morgan fingerprint density at radius 1 is 1.17 bits per heavy atom. The number of aliphatic hydroxyl groups excluding tert-OH is 1. The molecule has 2 heterocycles. The number of piperidine rings is 1. The van der Waals surface area contributed by atoms with E-state index in [0.717, 1.165) is 55.1 Å². The smallest absolute Gasteiger partial charge is 0.230 e. The highest BCUT2D eigenvalue weighted by Crippen LogP contribution is 2.56. The van der Waals surface area contributed by atoms with Gasteiger partial charge in [-0.25, -0.2) is 13.8 Å². The van der Waals surface area contributed by atoms with E-state index in [1.807, 2.05) is 29.8 Å². The average Bonchev–Trinajstić information content (AvgIpc) is 3.48. The SMILES string of the molecule is COc1cc(C2CCCC23CCCN([C@@H](CO)c2cc(F)cc(F)c2)C3=O)ccc1-n1cnc(C)c1. The van der Waals surface area contributed by atoms with Gasteiger partial charge in [0.1, 0.15) is 17.4 Å². The zero-order valence-electron chi connectivity index (χ0n) is 20.6. The van der Waals surface area contributed by atoms with Gasteiger partial charge in [0.15, 0.2) is 0 Å². The number of rotatable bonds is 6. The maximum absolute atomic E-state index is 14.1. The molecule has 36 heavy (non-hydrogen) atoms. The van der Waals surface area contributed by atoms with Crippen LogP contribution in [0.25, 0.3) is 5.69 Å². The van der Waals surface area contributed by atoms with Crippen LogP contribution in [0.4, 0.5) is 8.78 Å². The predicted molar refractivity (Wildman–Crippen MR) is 131 cm³/mol. The molecule has 1 aliphatic heterocycles. The molecule has 1 aromatic heterocycles. The minimum Gasteiger partial charge on any atom is -0.495 e. The van der Waals surface area contributed by atoms with Crippen LogP contribution in [-0.2, 0) is 4.79 Å². The van der Waals surface area contributed by atoms with Crippen LogP contribution < -0.4 is 4.74 Å². The second-order valence-electron chi connectivity index (χ2n) is 9.96. The van der Waals surface area contributed by atoms with Crippen molar-refractivity contribution in [2.24, 2.45) is 5.41 Å². The first-order valence-electron chi connectivity index (χ1n) is 12.4. The van der Waals surface area contributed by atoms with Gasteiger partial charge in [0.2, 0.25) is 5.91 Å². The lowest BCUT2D eigenvalue weighted by Crippen LogP contribution is -2.51. The minimum absolute atomic E-state index is 0.0103. The zero-order valence-corrected chi connectivity index (χ0v) is 20.6. The lowest BCUT2D eigenvalue weighted by Gasteiger charge is -2.46. The van der Waals surface area contributed by atoms with E-state index in [0.29, 0.717) is 12.3 Å². The van der Waals surface area contributed by atoms with E-state index in [4.69, 9.17) is 4.74 Å². The van der Waals surface area contributed by atoms with Gasteiger partial charge in [0.25, 0.3) is 0 Å². The molecule has 6 nitrogen and oxygen atoms in total. The van der Waals surface area contributed by atoms with Crippen LogP contribution in [-0.4, -0.2) is 45.7 Å². The Morgan fingerprint density at radius 3 is 2.58 bits per heavy atom. The van der Waals surface area contributed by atoms with Gasteiger partial charge >= 0.3 is 0 Å². The van der Waals surface area contributed by atoms with Gasteiger partial charge in [-0.2, -0.15) is 0 Å². The van der Waals surface area contributed by atoms with Gasteiger partial charge in [-0.05, 0) is 73.9 Å². The van der Waals surface area contributed by atoms with Crippen molar-refractivity contribution in [2.45, 2.75) is 51.0 Å². The molecule has 5 rings (SSSR count). The van der Waals surface area contributed by atoms with E-state index in [1.54, 1.807) is 18.3 Å². The molecule has 1 amide bonds. The molecule has 2 aliphatic rings. The third-order valence-corrected chi connectivity index (χ3v) is 7.91. The first kappa shape index (κ1) is 24.4. The van der Waals surface area contributed by atoms with Crippen molar-refractivity contribution in [2.75, 3.05) is 20.3 Å². The van der Waals surface area contributed by atoms with E-state index < -0.39 is 29.7 Å². The zero-order chi connectivity index (χ0) is 25.4. The molecule has 1 saturated carbocycles. The maximum Gasteiger partial charge on any atom is 0.230 e. The van der Waals surface area contributed by atoms with Crippen molar-refractivity contribution >= 4 is 5.91 Å². The molecular weight excluding hydrogens is 464 g/mol. The summed E-state index contributed by atoms with van der Waals surface area (Å²) >= 11 is 0. The summed E-state index contributed by atoms with van der Waals surface area (Å²) in [5.41, 5.74) is 2.48. The molecule has 2 unspecified atom stereocenters. The number of aryl methyl sites for hydroxylation is 1. The number of hydrogen-bond donors (Lipinski definition) is 1. The monoisotopic (exact) mass is 495 g/mol. The third kappa shape index (κ3) is 4.17. The van der Waals surface area contributed by atoms with Crippen LogP contribution in [0.1, 0.15) is 60.9 Å². The fourth-order valence-electron chi connectivity index (χ4n) is 6.30. The number of nitrogens with zero attached hydrogens (tertiary/aromatic N) is 3. The second kappa shape index (κ2) is 9.65. The number of methoxy groups -OCH3 is 1. The number of hydrogen-bond acceptors (Lipinski definition) is 4. The number of imidazole rings is 1. The van der Waals surface area contributed by atoms with Crippen molar-refractivity contribution in [3.05, 3.63) is 77.4 Å². The van der Waals surface area contributed by atoms with Crippen LogP contribution in [0.2, 0.25) is 0 Å². The van der Waals surface area contributed by atoms with Crippen molar-refractivity contribution in [3.8, 4) is 11.4 Å². The Bertz CT molecular complexity index is 1260. The molecule has 3 atom stereocenters. The number of halogens is 2. The number of likely N-dealkylation sites (tertiary alicyclic amines) is 1. The Balaban J connectivity index is 1.49. The molecule has 190 valence electrons. The topological polar surface area (TPSA) is 67.6 Å². The van der Waals surface area contributed by atoms with Crippen molar-refractivity contribution in [1.82, 2.24) is 14.5 Å². The fraction of sp³-hybridized carbons (Fsp3) is 0.429. The summed E-state index contributed by atoms with van der Waals surface area (Å²) < 4.78 is 35.5. The van der Waals surface area contributed by atoms with Gasteiger partial charge in [0, 0.05) is 18.8 Å². The van der Waals surface area contributed by atoms with Crippen molar-refractivity contribution in [1.29, 1.82) is 0 Å². The number of carbonyl (C=O) groups is 1. The summed E-state index contributed by atoms with van der Waals surface area (Å²) in [6, 6.07) is 8.48. The number of amides is 1. The molecule has 8 heteroatoms. The van der Waals surface area contributed by atoms with Gasteiger partial charge in [0.05, 0.1) is 42.9 Å². The molecule has 0 radical (unpaired) electrons. The molecule has 2 aromatic carbocycles. The van der Waals surface area contributed by atoms with Crippen molar-refractivity contribution < 1.29 is 23.4 Å². The molecular formula is C28H31F2N3O3. The molecule has 0 bridgehead atoms. The number of ether oxygens (including phenoxy) is 1. The average molecular weight is 496 g/mol. The molecule has 1 saturated heterocycles. The van der Waals surface area contributed by atoms with Crippen molar-refractivity contribution in [3.63, 3.8) is 0 Å². The number of aromatic nitrogens is 2. The van der Waals surface area contributed by atoms with E-state index in [1.165, 1.54) is 12.1 Å². The summed E-state index contributed by atoms with van der Waals surface area (Å²) in [6.07, 6.45) is 7.71. The third-order valence-electron chi connectivity index (χ3n) is 7.91. The number of benzene rings is 2. The largest absolute Gasteiger partial charge is 0.495 e. The highest BCUT2D eigenvalue weighted by atomic mass is 19.1. The lowest BCUT2D eigenvalue weighted by molar-refractivity contribution is -0.151. The first-order valence-corrected chi connectivity index (χ1v) is 12.4. The minimum atomic E-state index is -0.789.